The number of thioether (sulfide) groups is 1. The van der Waals surface area contributed by atoms with Crippen LogP contribution in [-0.2, 0) is 23.8 Å². The molecule has 0 aliphatic rings. The van der Waals surface area contributed by atoms with Crippen molar-refractivity contribution in [1.29, 1.82) is 0 Å². The lowest BCUT2D eigenvalue weighted by Crippen LogP contribution is -2.43. The van der Waals surface area contributed by atoms with Gasteiger partial charge in [0.25, 0.3) is 0 Å². The molecule has 0 saturated carbocycles. The number of esters is 2. The van der Waals surface area contributed by atoms with Crippen molar-refractivity contribution in [2.24, 2.45) is 5.41 Å². The molecular weight excluding hydrogens is 308 g/mol. The second-order valence-corrected chi connectivity index (χ2v) is 7.87. The third-order valence-corrected chi connectivity index (χ3v) is 4.36. The Morgan fingerprint density at radius 2 is 1.64 bits per heavy atom. The quantitative estimate of drug-likeness (QED) is 0.402. The van der Waals surface area contributed by atoms with Gasteiger partial charge in [0, 0.05) is 10.5 Å². The van der Waals surface area contributed by atoms with Crippen molar-refractivity contribution >= 4 is 29.9 Å². The van der Waals surface area contributed by atoms with E-state index in [2.05, 4.69) is 9.47 Å². The van der Waals surface area contributed by atoms with Crippen LogP contribution in [-0.4, -0.2) is 42.3 Å². The zero-order valence-electron chi connectivity index (χ0n) is 14.2. The molecule has 7 heteroatoms. The number of methoxy groups -OCH3 is 1. The van der Waals surface area contributed by atoms with Gasteiger partial charge in [-0.25, -0.2) is 4.79 Å². The van der Waals surface area contributed by atoms with Crippen molar-refractivity contribution in [2.75, 3.05) is 19.5 Å². The predicted molar refractivity (Wildman–Crippen MR) is 84.7 cm³/mol. The number of unbranched alkanes of at least 4 members (excludes halogenated alkanes) is 1. The largest absolute Gasteiger partial charge is 0.516 e. The molecule has 0 saturated heterocycles. The zero-order valence-corrected chi connectivity index (χ0v) is 15.0. The monoisotopic (exact) mass is 334 g/mol. The topological polar surface area (TPSA) is 78.9 Å². The van der Waals surface area contributed by atoms with Crippen LogP contribution in [0.1, 0.15) is 47.5 Å². The molecule has 22 heavy (non-hydrogen) atoms. The van der Waals surface area contributed by atoms with Crippen LogP contribution in [0.25, 0.3) is 0 Å². The van der Waals surface area contributed by atoms with Gasteiger partial charge < -0.3 is 14.2 Å². The maximum absolute atomic E-state index is 12.2. The molecule has 0 aliphatic heterocycles. The summed E-state index contributed by atoms with van der Waals surface area (Å²) in [6.07, 6.45) is 0.440. The van der Waals surface area contributed by atoms with E-state index in [4.69, 9.17) is 4.74 Å². The Labute approximate surface area is 136 Å². The standard InChI is InChI=1S/C15H26O6S/c1-7-8-9-20-13(18)21-12(17)15(5,11(16)19-6)10-22-14(2,3)4/h7-10H2,1-6H3. The van der Waals surface area contributed by atoms with Crippen molar-refractivity contribution in [3.05, 3.63) is 0 Å². The fourth-order valence-corrected chi connectivity index (χ4v) is 2.26. The molecule has 1 unspecified atom stereocenters. The first-order valence-corrected chi connectivity index (χ1v) is 8.16. The summed E-state index contributed by atoms with van der Waals surface area (Å²) in [5.74, 6) is -1.56. The first-order chi connectivity index (χ1) is 10.1. The Kier molecular flexibility index (Phi) is 8.52. The minimum atomic E-state index is -1.56. The lowest BCUT2D eigenvalue weighted by molar-refractivity contribution is -0.164. The number of hydrogen-bond acceptors (Lipinski definition) is 7. The maximum atomic E-state index is 12.2. The molecule has 0 aliphatic carbocycles. The molecule has 6 nitrogen and oxygen atoms in total. The SMILES string of the molecule is CCCCOC(=O)OC(=O)C(C)(CSC(C)(C)C)C(=O)OC. The van der Waals surface area contributed by atoms with E-state index in [1.54, 1.807) is 0 Å². The van der Waals surface area contributed by atoms with E-state index in [1.165, 1.54) is 25.8 Å². The van der Waals surface area contributed by atoms with Crippen LogP contribution in [0.2, 0.25) is 0 Å². The van der Waals surface area contributed by atoms with Gasteiger partial charge in [0.15, 0.2) is 5.41 Å². The van der Waals surface area contributed by atoms with Crippen LogP contribution in [0.3, 0.4) is 0 Å². The zero-order chi connectivity index (χ0) is 17.4. The van der Waals surface area contributed by atoms with Crippen LogP contribution in [0.4, 0.5) is 4.79 Å². The van der Waals surface area contributed by atoms with Gasteiger partial charge in [-0.3, -0.25) is 9.59 Å². The maximum Gasteiger partial charge on any atom is 0.516 e. The van der Waals surface area contributed by atoms with Crippen LogP contribution >= 0.6 is 11.8 Å². The summed E-state index contributed by atoms with van der Waals surface area (Å²) in [6, 6.07) is 0. The summed E-state index contributed by atoms with van der Waals surface area (Å²) in [5.41, 5.74) is -1.56. The summed E-state index contributed by atoms with van der Waals surface area (Å²) < 4.78 is 13.9. The van der Waals surface area contributed by atoms with Gasteiger partial charge in [-0.2, -0.15) is 11.8 Å². The summed E-state index contributed by atoms with van der Waals surface area (Å²) >= 11 is 1.41. The summed E-state index contributed by atoms with van der Waals surface area (Å²) in [7, 11) is 1.19. The van der Waals surface area contributed by atoms with Gasteiger partial charge >= 0.3 is 18.1 Å². The molecule has 0 N–H and O–H groups in total. The van der Waals surface area contributed by atoms with Crippen molar-refractivity contribution in [3.63, 3.8) is 0 Å². The van der Waals surface area contributed by atoms with E-state index < -0.39 is 23.5 Å². The van der Waals surface area contributed by atoms with E-state index in [-0.39, 0.29) is 17.1 Å². The molecule has 128 valence electrons. The van der Waals surface area contributed by atoms with Gasteiger partial charge in [0.1, 0.15) is 0 Å². The van der Waals surface area contributed by atoms with Crippen LogP contribution in [0.15, 0.2) is 0 Å². The Hall–Kier alpha value is -1.24. The fourth-order valence-electron chi connectivity index (χ4n) is 1.30. The second kappa shape index (κ2) is 9.02. The molecule has 0 fully saturated rings. The normalized spacial score (nSPS) is 13.9. The highest BCUT2D eigenvalue weighted by molar-refractivity contribution is 8.00. The Bertz CT molecular complexity index is 401. The minimum absolute atomic E-state index is 0.143. The van der Waals surface area contributed by atoms with E-state index in [0.29, 0.717) is 6.42 Å². The van der Waals surface area contributed by atoms with Gasteiger partial charge in [-0.15, -0.1) is 0 Å². The number of carbonyl (C=O) groups excluding carboxylic acids is 3. The molecule has 0 aromatic carbocycles. The molecule has 0 rings (SSSR count). The molecule has 0 heterocycles. The molecule has 0 radical (unpaired) electrons. The van der Waals surface area contributed by atoms with Crippen molar-refractivity contribution in [3.8, 4) is 0 Å². The molecule has 0 aromatic heterocycles. The van der Waals surface area contributed by atoms with Crippen LogP contribution in [0.5, 0.6) is 0 Å². The average Bonchev–Trinajstić information content (AvgIpc) is 2.43. The highest BCUT2D eigenvalue weighted by atomic mass is 32.2. The molecule has 0 aromatic rings. The van der Waals surface area contributed by atoms with E-state index >= 15 is 0 Å². The number of carbonyl (C=O) groups is 3. The third kappa shape index (κ3) is 7.15. The van der Waals surface area contributed by atoms with Gasteiger partial charge in [0.2, 0.25) is 0 Å². The van der Waals surface area contributed by atoms with Gasteiger partial charge in [-0.05, 0) is 13.3 Å². The van der Waals surface area contributed by atoms with Gasteiger partial charge in [-0.1, -0.05) is 34.1 Å². The molecule has 0 spiro atoms. The number of hydrogen-bond donors (Lipinski definition) is 0. The lowest BCUT2D eigenvalue weighted by Gasteiger charge is -2.27. The first-order valence-electron chi connectivity index (χ1n) is 7.18. The van der Waals surface area contributed by atoms with Crippen molar-refractivity contribution in [1.82, 2.24) is 0 Å². The Morgan fingerprint density at radius 3 is 2.09 bits per heavy atom. The van der Waals surface area contributed by atoms with E-state index in [1.807, 2.05) is 27.7 Å². The third-order valence-electron chi connectivity index (χ3n) is 2.77. The molecule has 0 bridgehead atoms. The summed E-state index contributed by atoms with van der Waals surface area (Å²) in [5, 5.41) is 0. The predicted octanol–water partition coefficient (Wildman–Crippen LogP) is 3.18. The van der Waals surface area contributed by atoms with E-state index in [9.17, 15) is 14.4 Å². The average molecular weight is 334 g/mol. The van der Waals surface area contributed by atoms with Crippen molar-refractivity contribution < 1.29 is 28.6 Å². The smallest absolute Gasteiger partial charge is 0.468 e. The molecule has 1 atom stereocenters. The van der Waals surface area contributed by atoms with E-state index in [0.717, 1.165) is 6.42 Å². The first kappa shape index (κ1) is 20.8. The second-order valence-electron chi connectivity index (χ2n) is 6.07. The molecule has 0 amide bonds. The molecular formula is C15H26O6S. The number of ether oxygens (including phenoxy) is 3. The van der Waals surface area contributed by atoms with Gasteiger partial charge in [0.05, 0.1) is 13.7 Å². The van der Waals surface area contributed by atoms with Crippen LogP contribution in [0, 0.1) is 5.41 Å². The summed E-state index contributed by atoms with van der Waals surface area (Å²) in [4.78, 5) is 35.6. The van der Waals surface area contributed by atoms with Crippen molar-refractivity contribution in [2.45, 2.75) is 52.2 Å². The highest BCUT2D eigenvalue weighted by Crippen LogP contribution is 2.33. The number of rotatable bonds is 7. The highest BCUT2D eigenvalue weighted by Gasteiger charge is 2.46. The Balaban J connectivity index is 4.84. The fraction of sp³-hybridized carbons (Fsp3) is 0.800. The minimum Gasteiger partial charge on any atom is -0.468 e. The Morgan fingerprint density at radius 1 is 1.05 bits per heavy atom. The van der Waals surface area contributed by atoms with Crippen LogP contribution < -0.4 is 0 Å². The lowest BCUT2D eigenvalue weighted by atomic mass is 9.94. The summed E-state index contributed by atoms with van der Waals surface area (Å²) in [6.45, 7) is 9.39.